The van der Waals surface area contributed by atoms with Gasteiger partial charge in [0.15, 0.2) is 0 Å². The minimum atomic E-state index is 0.184. The van der Waals surface area contributed by atoms with E-state index >= 15 is 0 Å². The first-order chi connectivity index (χ1) is 10.2. The van der Waals surface area contributed by atoms with E-state index in [2.05, 4.69) is 46.7 Å². The zero-order valence-electron chi connectivity index (χ0n) is 13.1. The van der Waals surface area contributed by atoms with Crippen molar-refractivity contribution in [1.29, 1.82) is 0 Å². The van der Waals surface area contributed by atoms with Crippen LogP contribution < -0.4 is 10.6 Å². The standard InChI is InChI=1S/C17H27N3O/c1-14-11-16(19-17(21)9-6-10-18-2)13-20(14)12-15-7-4-3-5-8-15/h3-5,7-8,14,16,18H,6,9-13H2,1-2H3,(H,19,21). The molecular weight excluding hydrogens is 262 g/mol. The second-order valence-corrected chi connectivity index (χ2v) is 5.97. The van der Waals surface area contributed by atoms with Crippen LogP contribution >= 0.6 is 0 Å². The largest absolute Gasteiger partial charge is 0.352 e. The molecule has 1 saturated heterocycles. The van der Waals surface area contributed by atoms with Crippen LogP contribution in [0.4, 0.5) is 0 Å². The van der Waals surface area contributed by atoms with E-state index in [9.17, 15) is 4.79 Å². The topological polar surface area (TPSA) is 44.4 Å². The highest BCUT2D eigenvalue weighted by atomic mass is 16.1. The molecule has 0 saturated carbocycles. The van der Waals surface area contributed by atoms with Crippen molar-refractivity contribution < 1.29 is 4.79 Å². The molecule has 2 N–H and O–H groups in total. The Morgan fingerprint density at radius 3 is 2.81 bits per heavy atom. The Bertz CT molecular complexity index is 435. The number of carbonyl (C=O) groups is 1. The van der Waals surface area contributed by atoms with Gasteiger partial charge in [-0.1, -0.05) is 30.3 Å². The number of nitrogens with zero attached hydrogens (tertiary/aromatic N) is 1. The third-order valence-corrected chi connectivity index (χ3v) is 4.13. The van der Waals surface area contributed by atoms with Crippen LogP contribution in [0.15, 0.2) is 30.3 Å². The number of nitrogens with one attached hydrogen (secondary N) is 2. The molecule has 0 aliphatic carbocycles. The summed E-state index contributed by atoms with van der Waals surface area (Å²) in [7, 11) is 1.91. The summed E-state index contributed by atoms with van der Waals surface area (Å²) in [5, 5.41) is 6.25. The Morgan fingerprint density at radius 1 is 1.33 bits per heavy atom. The van der Waals surface area contributed by atoms with E-state index in [1.165, 1.54) is 5.56 Å². The molecule has 2 unspecified atom stereocenters. The van der Waals surface area contributed by atoms with Gasteiger partial charge in [0.1, 0.15) is 0 Å². The Kier molecular flexibility index (Phi) is 6.21. The smallest absolute Gasteiger partial charge is 0.220 e. The molecule has 1 fully saturated rings. The number of rotatable bonds is 7. The van der Waals surface area contributed by atoms with Crippen molar-refractivity contribution in [2.75, 3.05) is 20.1 Å². The summed E-state index contributed by atoms with van der Waals surface area (Å²) in [4.78, 5) is 14.3. The van der Waals surface area contributed by atoms with Gasteiger partial charge < -0.3 is 10.6 Å². The van der Waals surface area contributed by atoms with E-state index in [1.54, 1.807) is 0 Å². The summed E-state index contributed by atoms with van der Waals surface area (Å²) in [5.41, 5.74) is 1.34. The van der Waals surface area contributed by atoms with Gasteiger partial charge >= 0.3 is 0 Å². The summed E-state index contributed by atoms with van der Waals surface area (Å²) in [6.45, 7) is 5.06. The first-order valence-electron chi connectivity index (χ1n) is 7.91. The van der Waals surface area contributed by atoms with Gasteiger partial charge in [-0.2, -0.15) is 0 Å². The Balaban J connectivity index is 1.77. The lowest BCUT2D eigenvalue weighted by Gasteiger charge is -2.20. The number of hydrogen-bond donors (Lipinski definition) is 2. The fourth-order valence-electron chi connectivity index (χ4n) is 2.97. The van der Waals surface area contributed by atoms with Crippen molar-refractivity contribution in [3.8, 4) is 0 Å². The van der Waals surface area contributed by atoms with Crippen molar-refractivity contribution in [1.82, 2.24) is 15.5 Å². The predicted octanol–water partition coefficient (Wildman–Crippen LogP) is 1.77. The van der Waals surface area contributed by atoms with Crippen LogP contribution in [-0.4, -0.2) is 43.0 Å². The lowest BCUT2D eigenvalue weighted by Crippen LogP contribution is -2.37. The third kappa shape index (κ3) is 5.14. The lowest BCUT2D eigenvalue weighted by atomic mass is 10.2. The molecule has 2 rings (SSSR count). The highest BCUT2D eigenvalue weighted by Gasteiger charge is 2.29. The molecule has 4 heteroatoms. The second kappa shape index (κ2) is 8.15. The molecule has 1 aromatic rings. The lowest BCUT2D eigenvalue weighted by molar-refractivity contribution is -0.121. The zero-order chi connectivity index (χ0) is 15.1. The maximum atomic E-state index is 11.9. The molecule has 1 heterocycles. The monoisotopic (exact) mass is 289 g/mol. The van der Waals surface area contributed by atoms with Crippen LogP contribution in [0, 0.1) is 0 Å². The molecule has 4 nitrogen and oxygen atoms in total. The van der Waals surface area contributed by atoms with Gasteiger partial charge in [0.25, 0.3) is 0 Å². The Labute approximate surface area is 127 Å². The van der Waals surface area contributed by atoms with E-state index in [0.29, 0.717) is 18.5 Å². The van der Waals surface area contributed by atoms with Crippen LogP contribution in [0.1, 0.15) is 31.7 Å². The van der Waals surface area contributed by atoms with E-state index in [4.69, 9.17) is 0 Å². The van der Waals surface area contributed by atoms with Gasteiger partial charge in [-0.05, 0) is 38.9 Å². The van der Waals surface area contributed by atoms with Crippen LogP contribution in [0.2, 0.25) is 0 Å². The van der Waals surface area contributed by atoms with Gasteiger partial charge in [0.05, 0.1) is 0 Å². The number of hydrogen-bond acceptors (Lipinski definition) is 3. The highest BCUT2D eigenvalue weighted by molar-refractivity contribution is 5.76. The summed E-state index contributed by atoms with van der Waals surface area (Å²) in [5.74, 6) is 0.184. The number of carbonyl (C=O) groups excluding carboxylic acids is 1. The summed E-state index contributed by atoms with van der Waals surface area (Å²) in [6.07, 6.45) is 2.56. The molecule has 2 atom stereocenters. The third-order valence-electron chi connectivity index (χ3n) is 4.13. The zero-order valence-corrected chi connectivity index (χ0v) is 13.1. The predicted molar refractivity (Wildman–Crippen MR) is 86.0 cm³/mol. The maximum absolute atomic E-state index is 11.9. The van der Waals surface area contributed by atoms with Crippen molar-refractivity contribution in [3.63, 3.8) is 0 Å². The first kappa shape index (κ1) is 16.0. The summed E-state index contributed by atoms with van der Waals surface area (Å²) < 4.78 is 0. The second-order valence-electron chi connectivity index (χ2n) is 5.97. The van der Waals surface area contributed by atoms with Crippen LogP contribution in [0.5, 0.6) is 0 Å². The van der Waals surface area contributed by atoms with Crippen LogP contribution in [0.3, 0.4) is 0 Å². The van der Waals surface area contributed by atoms with Crippen molar-refractivity contribution in [3.05, 3.63) is 35.9 Å². The molecule has 1 aliphatic rings. The fourth-order valence-corrected chi connectivity index (χ4v) is 2.97. The van der Waals surface area contributed by atoms with Gasteiger partial charge in [-0.25, -0.2) is 0 Å². The quantitative estimate of drug-likeness (QED) is 0.752. The average molecular weight is 289 g/mol. The summed E-state index contributed by atoms with van der Waals surface area (Å²) in [6, 6.07) is 11.4. The normalized spacial score (nSPS) is 22.4. The average Bonchev–Trinajstić information content (AvgIpc) is 2.80. The molecule has 0 spiro atoms. The molecule has 0 bridgehead atoms. The minimum absolute atomic E-state index is 0.184. The highest BCUT2D eigenvalue weighted by Crippen LogP contribution is 2.20. The fraction of sp³-hybridized carbons (Fsp3) is 0.588. The van der Waals surface area contributed by atoms with Crippen molar-refractivity contribution >= 4 is 5.91 Å². The van der Waals surface area contributed by atoms with Crippen LogP contribution in [0.25, 0.3) is 0 Å². The van der Waals surface area contributed by atoms with E-state index in [-0.39, 0.29) is 5.91 Å². The van der Waals surface area contributed by atoms with E-state index < -0.39 is 0 Å². The molecule has 21 heavy (non-hydrogen) atoms. The minimum Gasteiger partial charge on any atom is -0.352 e. The van der Waals surface area contributed by atoms with E-state index in [1.807, 2.05) is 13.1 Å². The maximum Gasteiger partial charge on any atom is 0.220 e. The van der Waals surface area contributed by atoms with Crippen molar-refractivity contribution in [2.45, 2.75) is 44.8 Å². The van der Waals surface area contributed by atoms with Crippen LogP contribution in [-0.2, 0) is 11.3 Å². The molecule has 1 aromatic carbocycles. The van der Waals surface area contributed by atoms with Gasteiger partial charge in [0, 0.05) is 31.6 Å². The van der Waals surface area contributed by atoms with E-state index in [0.717, 1.165) is 32.5 Å². The Hall–Kier alpha value is -1.39. The molecule has 1 aliphatic heterocycles. The summed E-state index contributed by atoms with van der Waals surface area (Å²) >= 11 is 0. The molecular formula is C17H27N3O. The van der Waals surface area contributed by atoms with Gasteiger partial charge in [-0.3, -0.25) is 9.69 Å². The molecule has 0 aromatic heterocycles. The molecule has 1 amide bonds. The van der Waals surface area contributed by atoms with Crippen molar-refractivity contribution in [2.24, 2.45) is 0 Å². The SMILES string of the molecule is CNCCCC(=O)NC1CC(C)N(Cc2ccccc2)C1. The van der Waals surface area contributed by atoms with Gasteiger partial charge in [0.2, 0.25) is 5.91 Å². The first-order valence-corrected chi connectivity index (χ1v) is 7.91. The Morgan fingerprint density at radius 2 is 2.10 bits per heavy atom. The molecule has 116 valence electrons. The number of benzene rings is 1. The van der Waals surface area contributed by atoms with Gasteiger partial charge in [-0.15, -0.1) is 0 Å². The molecule has 0 radical (unpaired) electrons. The number of likely N-dealkylation sites (tertiary alicyclic amines) is 1. The number of amides is 1.